The molecule has 1 saturated carbocycles. The lowest BCUT2D eigenvalue weighted by atomic mass is 9.82. The zero-order chi connectivity index (χ0) is 21.0. The number of aromatic nitrogens is 2. The molecule has 0 radical (unpaired) electrons. The van der Waals surface area contributed by atoms with Crippen LogP contribution in [0.2, 0.25) is 0 Å². The normalized spacial score (nSPS) is 21.3. The Labute approximate surface area is 171 Å². The number of nitrogen functional groups attached to an aromatic ring is 1. The third-order valence-electron chi connectivity index (χ3n) is 5.62. The minimum atomic E-state index is -0.833. The van der Waals surface area contributed by atoms with Gasteiger partial charge in [-0.25, -0.2) is 4.98 Å². The number of carboxylic acid groups (broad SMARTS) is 1. The summed E-state index contributed by atoms with van der Waals surface area (Å²) < 4.78 is 5.85. The van der Waals surface area contributed by atoms with Crippen molar-refractivity contribution in [1.82, 2.24) is 9.97 Å². The number of hydrogen-bond donors (Lipinski definition) is 3. The summed E-state index contributed by atoms with van der Waals surface area (Å²) in [5.41, 5.74) is 15.9. The van der Waals surface area contributed by atoms with E-state index < -0.39 is 12.2 Å². The van der Waals surface area contributed by atoms with Crippen LogP contribution in [0.4, 0.5) is 5.82 Å². The van der Waals surface area contributed by atoms with Gasteiger partial charge >= 0.3 is 0 Å². The number of carboxylic acids is 1. The number of anilines is 1. The van der Waals surface area contributed by atoms with Crippen LogP contribution >= 0.6 is 0 Å². The number of ether oxygens (including phenoxy) is 1. The van der Waals surface area contributed by atoms with E-state index in [0.29, 0.717) is 29.9 Å². The van der Waals surface area contributed by atoms with Gasteiger partial charge in [0.25, 0.3) is 5.97 Å². The van der Waals surface area contributed by atoms with Crippen molar-refractivity contribution >= 4 is 11.8 Å². The Hall–Kier alpha value is -2.67. The van der Waals surface area contributed by atoms with E-state index in [4.69, 9.17) is 26.1 Å². The maximum absolute atomic E-state index is 9.00. The van der Waals surface area contributed by atoms with Crippen LogP contribution in [0.5, 0.6) is 5.88 Å². The van der Waals surface area contributed by atoms with E-state index in [-0.39, 0.29) is 5.92 Å². The zero-order valence-corrected chi connectivity index (χ0v) is 17.1. The molecule has 2 heterocycles. The van der Waals surface area contributed by atoms with Crippen molar-refractivity contribution in [2.24, 2.45) is 5.73 Å². The predicted molar refractivity (Wildman–Crippen MR) is 112 cm³/mol. The van der Waals surface area contributed by atoms with E-state index in [1.807, 2.05) is 6.92 Å². The Bertz CT molecular complexity index is 844. The van der Waals surface area contributed by atoms with Crippen molar-refractivity contribution in [3.63, 3.8) is 0 Å². The van der Waals surface area contributed by atoms with Gasteiger partial charge in [0.2, 0.25) is 5.88 Å². The summed E-state index contributed by atoms with van der Waals surface area (Å²) in [6.45, 7) is 2.89. The smallest absolute Gasteiger partial charge is 0.300 e. The second-order valence-electron chi connectivity index (χ2n) is 7.85. The molecular weight excluding hydrogens is 368 g/mol. The van der Waals surface area contributed by atoms with Gasteiger partial charge in [-0.3, -0.25) is 10.5 Å². The Kier molecular flexibility index (Phi) is 6.69. The largest absolute Gasteiger partial charge is 0.481 e. The average molecular weight is 399 g/mol. The Morgan fingerprint density at radius 2 is 1.69 bits per heavy atom. The van der Waals surface area contributed by atoms with E-state index >= 15 is 0 Å². The fraction of sp³-hybridized carbons (Fsp3) is 0.500. The summed E-state index contributed by atoms with van der Waals surface area (Å²) in [7, 11) is 0. The number of nitrogens with two attached hydrogens (primary N) is 2. The highest BCUT2D eigenvalue weighted by molar-refractivity contribution is 5.63. The minimum absolute atomic E-state index is 0.0708. The Morgan fingerprint density at radius 3 is 2.31 bits per heavy atom. The third kappa shape index (κ3) is 5.23. The molecule has 2 aromatic rings. The van der Waals surface area contributed by atoms with Crippen molar-refractivity contribution in [2.45, 2.75) is 70.4 Å². The van der Waals surface area contributed by atoms with Gasteiger partial charge in [0.05, 0.1) is 5.56 Å². The molecule has 0 spiro atoms. The molecule has 2 unspecified atom stereocenters. The Balaban J connectivity index is 0.000000552. The van der Waals surface area contributed by atoms with Crippen LogP contribution in [0.1, 0.15) is 73.4 Å². The molecule has 1 aromatic carbocycles. The number of fused-ring (bicyclic) bond motifs is 1. The van der Waals surface area contributed by atoms with E-state index in [1.165, 1.54) is 43.2 Å². The topological polar surface area (TPSA) is 124 Å². The molecule has 7 nitrogen and oxygen atoms in total. The lowest BCUT2D eigenvalue weighted by molar-refractivity contribution is -0.134. The number of carbonyl (C=O) groups is 1. The molecule has 156 valence electrons. The summed E-state index contributed by atoms with van der Waals surface area (Å²) in [5, 5.41) is 7.42. The monoisotopic (exact) mass is 398 g/mol. The molecule has 29 heavy (non-hydrogen) atoms. The molecule has 2 aliphatic rings. The van der Waals surface area contributed by atoms with E-state index in [1.54, 1.807) is 0 Å². The zero-order valence-electron chi connectivity index (χ0n) is 17.1. The van der Waals surface area contributed by atoms with Gasteiger partial charge in [0, 0.05) is 12.8 Å². The molecule has 1 aliphatic carbocycles. The first-order chi connectivity index (χ1) is 13.8. The standard InChI is InChI=1S/C20H26N4O.C2H4O2/c1-12-23-18(21)17-11-16(19(22)25-20(17)24-12)15-9-7-14(8-10-15)13-5-3-2-4-6-13;1-2(3)4/h7-10,13,16,19H,2-6,11,22H2,1H3,(H2,21,23,24);1H3,(H,3,4). The van der Waals surface area contributed by atoms with Gasteiger partial charge < -0.3 is 15.6 Å². The van der Waals surface area contributed by atoms with Crippen molar-refractivity contribution < 1.29 is 14.6 Å². The quantitative estimate of drug-likeness (QED) is 0.707. The highest BCUT2D eigenvalue weighted by atomic mass is 16.5. The highest BCUT2D eigenvalue weighted by Crippen LogP contribution is 2.37. The number of aliphatic carboxylic acids is 1. The first-order valence-electron chi connectivity index (χ1n) is 10.2. The lowest BCUT2D eigenvalue weighted by Gasteiger charge is -2.31. The Morgan fingerprint density at radius 1 is 1.10 bits per heavy atom. The van der Waals surface area contributed by atoms with Crippen LogP contribution in [0.15, 0.2) is 24.3 Å². The van der Waals surface area contributed by atoms with Gasteiger partial charge in [-0.05, 0) is 43.2 Å². The second kappa shape index (κ2) is 9.22. The second-order valence-corrected chi connectivity index (χ2v) is 7.85. The minimum Gasteiger partial charge on any atom is -0.481 e. The first-order valence-corrected chi connectivity index (χ1v) is 10.2. The van der Waals surface area contributed by atoms with Gasteiger partial charge in [0.1, 0.15) is 11.6 Å². The molecule has 1 aromatic heterocycles. The molecular formula is C22H30N4O3. The van der Waals surface area contributed by atoms with Gasteiger partial charge in [-0.2, -0.15) is 4.98 Å². The molecule has 2 atom stereocenters. The SMILES string of the molecule is CC(=O)O.Cc1nc(N)c2c(n1)OC(N)C(c1ccc(C3CCCCC3)cc1)C2. The number of hydrogen-bond acceptors (Lipinski definition) is 6. The fourth-order valence-corrected chi connectivity index (χ4v) is 4.19. The third-order valence-corrected chi connectivity index (χ3v) is 5.62. The summed E-state index contributed by atoms with van der Waals surface area (Å²) in [4.78, 5) is 17.6. The van der Waals surface area contributed by atoms with Gasteiger partial charge in [-0.15, -0.1) is 0 Å². The molecule has 7 heteroatoms. The van der Waals surface area contributed by atoms with Crippen molar-refractivity contribution in [2.75, 3.05) is 5.73 Å². The summed E-state index contributed by atoms with van der Waals surface area (Å²) in [5.74, 6) is 1.60. The number of aryl methyl sites for hydroxylation is 1. The number of rotatable bonds is 2. The van der Waals surface area contributed by atoms with Gasteiger partial charge in [-0.1, -0.05) is 43.5 Å². The molecule has 1 aliphatic heterocycles. The van der Waals surface area contributed by atoms with E-state index in [9.17, 15) is 0 Å². The summed E-state index contributed by atoms with van der Waals surface area (Å²) in [6, 6.07) is 8.94. The average Bonchev–Trinajstić information content (AvgIpc) is 2.68. The summed E-state index contributed by atoms with van der Waals surface area (Å²) >= 11 is 0. The van der Waals surface area contributed by atoms with E-state index in [0.717, 1.165) is 12.5 Å². The van der Waals surface area contributed by atoms with Crippen molar-refractivity contribution in [1.29, 1.82) is 0 Å². The van der Waals surface area contributed by atoms with Crippen LogP contribution in [0.3, 0.4) is 0 Å². The number of benzene rings is 1. The van der Waals surface area contributed by atoms with Crippen LogP contribution in [0.25, 0.3) is 0 Å². The van der Waals surface area contributed by atoms with Crippen molar-refractivity contribution in [3.05, 3.63) is 46.8 Å². The number of nitrogens with zero attached hydrogens (tertiary/aromatic N) is 2. The van der Waals surface area contributed by atoms with Crippen LogP contribution in [-0.2, 0) is 11.2 Å². The molecule has 0 bridgehead atoms. The first kappa shape index (κ1) is 21.0. The van der Waals surface area contributed by atoms with Crippen LogP contribution in [0, 0.1) is 6.92 Å². The molecule has 1 fully saturated rings. The molecule has 0 saturated heterocycles. The van der Waals surface area contributed by atoms with Crippen LogP contribution < -0.4 is 16.2 Å². The van der Waals surface area contributed by atoms with Crippen molar-refractivity contribution in [3.8, 4) is 5.88 Å². The fourth-order valence-electron chi connectivity index (χ4n) is 4.19. The lowest BCUT2D eigenvalue weighted by Crippen LogP contribution is -2.39. The molecule has 0 amide bonds. The molecule has 5 N–H and O–H groups in total. The maximum atomic E-state index is 9.00. The molecule has 4 rings (SSSR count). The predicted octanol–water partition coefficient (Wildman–Crippen LogP) is 3.51. The van der Waals surface area contributed by atoms with Gasteiger partial charge in [0.15, 0.2) is 6.23 Å². The highest BCUT2D eigenvalue weighted by Gasteiger charge is 2.31. The maximum Gasteiger partial charge on any atom is 0.300 e. The van der Waals surface area contributed by atoms with Crippen LogP contribution in [-0.4, -0.2) is 27.3 Å². The van der Waals surface area contributed by atoms with E-state index in [2.05, 4.69) is 34.2 Å². The summed E-state index contributed by atoms with van der Waals surface area (Å²) in [6.07, 6.45) is 7.00.